The third-order valence-electron chi connectivity index (χ3n) is 4.69. The van der Waals surface area contributed by atoms with Gasteiger partial charge in [-0.3, -0.25) is 0 Å². The lowest BCUT2D eigenvalue weighted by molar-refractivity contribution is -0.372. The minimum atomic E-state index is -0.177. The first-order valence-corrected chi connectivity index (χ1v) is 7.23. The summed E-state index contributed by atoms with van der Waals surface area (Å²) in [4.78, 5) is 0. The standard InChI is InChI=1S/C16H24FNO/c1-3-15(2)8-9-16(10-11-18,12-19-15)13-4-6-14(17)7-5-13/h4-7H,3,8-12,18H2,1-2H3/p+1/t15-,16+/m1/s1. The third-order valence-corrected chi connectivity index (χ3v) is 4.69. The molecule has 106 valence electrons. The van der Waals surface area contributed by atoms with Crippen molar-refractivity contribution < 1.29 is 14.9 Å². The van der Waals surface area contributed by atoms with E-state index in [1.54, 1.807) is 12.1 Å². The molecule has 0 aromatic heterocycles. The van der Waals surface area contributed by atoms with Gasteiger partial charge in [-0.2, -0.15) is 0 Å². The van der Waals surface area contributed by atoms with E-state index in [4.69, 9.17) is 4.74 Å². The first-order valence-electron chi connectivity index (χ1n) is 7.23. The van der Waals surface area contributed by atoms with Gasteiger partial charge in [-0.15, -0.1) is 0 Å². The summed E-state index contributed by atoms with van der Waals surface area (Å²) >= 11 is 0. The van der Waals surface area contributed by atoms with Gasteiger partial charge in [0.2, 0.25) is 0 Å². The van der Waals surface area contributed by atoms with Crippen molar-refractivity contribution in [1.82, 2.24) is 0 Å². The van der Waals surface area contributed by atoms with Crippen LogP contribution in [0.25, 0.3) is 0 Å². The number of quaternary nitrogens is 1. The van der Waals surface area contributed by atoms with Gasteiger partial charge in [0.05, 0.1) is 18.8 Å². The molecule has 2 atom stereocenters. The number of rotatable bonds is 4. The van der Waals surface area contributed by atoms with Gasteiger partial charge in [-0.05, 0) is 43.9 Å². The highest BCUT2D eigenvalue weighted by Crippen LogP contribution is 2.42. The summed E-state index contributed by atoms with van der Waals surface area (Å²) < 4.78 is 19.2. The summed E-state index contributed by atoms with van der Waals surface area (Å²) in [7, 11) is 0. The van der Waals surface area contributed by atoms with E-state index in [2.05, 4.69) is 19.6 Å². The molecular weight excluding hydrogens is 241 g/mol. The smallest absolute Gasteiger partial charge is 0.123 e. The third kappa shape index (κ3) is 2.98. The summed E-state index contributed by atoms with van der Waals surface area (Å²) in [5, 5.41) is 0. The summed E-state index contributed by atoms with van der Waals surface area (Å²) in [6, 6.07) is 6.91. The van der Waals surface area contributed by atoms with Gasteiger partial charge in [0.1, 0.15) is 5.82 Å². The molecule has 3 N–H and O–H groups in total. The maximum absolute atomic E-state index is 13.1. The Hall–Kier alpha value is -0.930. The number of hydrogen-bond donors (Lipinski definition) is 1. The van der Waals surface area contributed by atoms with Crippen LogP contribution in [0.15, 0.2) is 24.3 Å². The Morgan fingerprint density at radius 1 is 1.26 bits per heavy atom. The predicted octanol–water partition coefficient (Wildman–Crippen LogP) is 2.67. The van der Waals surface area contributed by atoms with Crippen LogP contribution in [0.5, 0.6) is 0 Å². The Bertz CT molecular complexity index is 407. The molecule has 19 heavy (non-hydrogen) atoms. The Labute approximate surface area is 115 Å². The minimum Gasteiger partial charge on any atom is -0.374 e. The minimum absolute atomic E-state index is 0.00466. The zero-order chi connectivity index (χ0) is 13.9. The van der Waals surface area contributed by atoms with Crippen molar-refractivity contribution in [3.05, 3.63) is 35.6 Å². The molecule has 3 heteroatoms. The monoisotopic (exact) mass is 266 g/mol. The highest BCUT2D eigenvalue weighted by atomic mass is 19.1. The van der Waals surface area contributed by atoms with Crippen molar-refractivity contribution in [1.29, 1.82) is 0 Å². The largest absolute Gasteiger partial charge is 0.374 e. The van der Waals surface area contributed by atoms with E-state index in [0.717, 1.165) is 38.8 Å². The van der Waals surface area contributed by atoms with E-state index in [9.17, 15) is 4.39 Å². The van der Waals surface area contributed by atoms with Crippen LogP contribution < -0.4 is 5.73 Å². The van der Waals surface area contributed by atoms with Gasteiger partial charge >= 0.3 is 0 Å². The topological polar surface area (TPSA) is 36.9 Å². The van der Waals surface area contributed by atoms with Crippen molar-refractivity contribution in [2.75, 3.05) is 13.2 Å². The number of benzene rings is 1. The average molecular weight is 266 g/mol. The molecule has 0 bridgehead atoms. The molecule has 1 aromatic rings. The van der Waals surface area contributed by atoms with Crippen molar-refractivity contribution in [2.24, 2.45) is 0 Å². The summed E-state index contributed by atoms with van der Waals surface area (Å²) in [5.74, 6) is -0.177. The van der Waals surface area contributed by atoms with Crippen LogP contribution in [0, 0.1) is 5.82 Å². The molecule has 0 amide bonds. The fourth-order valence-corrected chi connectivity index (χ4v) is 2.95. The molecule has 0 spiro atoms. The number of ether oxygens (including phenoxy) is 1. The second-order valence-corrected chi connectivity index (χ2v) is 5.98. The second kappa shape index (κ2) is 5.59. The molecule has 0 unspecified atom stereocenters. The van der Waals surface area contributed by atoms with Crippen molar-refractivity contribution in [2.45, 2.75) is 50.5 Å². The van der Waals surface area contributed by atoms with Gasteiger partial charge in [0.25, 0.3) is 0 Å². The SMILES string of the molecule is CC[C@]1(C)CC[C@@](CC[NH3+])(c2ccc(F)cc2)CO1. The van der Waals surface area contributed by atoms with E-state index in [1.807, 2.05) is 12.1 Å². The molecule has 1 aromatic carbocycles. The lowest BCUT2D eigenvalue weighted by Gasteiger charge is -2.45. The van der Waals surface area contributed by atoms with E-state index >= 15 is 0 Å². The average Bonchev–Trinajstić information content (AvgIpc) is 2.43. The van der Waals surface area contributed by atoms with Crippen molar-refractivity contribution in [3.63, 3.8) is 0 Å². The normalized spacial score (nSPS) is 31.4. The zero-order valence-electron chi connectivity index (χ0n) is 12.0. The van der Waals surface area contributed by atoms with Crippen LogP contribution in [0.1, 0.15) is 45.1 Å². The van der Waals surface area contributed by atoms with Gasteiger partial charge in [-0.1, -0.05) is 19.1 Å². The predicted molar refractivity (Wildman–Crippen MR) is 74.3 cm³/mol. The lowest BCUT2D eigenvalue weighted by atomic mass is 9.70. The second-order valence-electron chi connectivity index (χ2n) is 5.98. The lowest BCUT2D eigenvalue weighted by Crippen LogP contribution is -2.55. The summed E-state index contributed by atoms with van der Waals surface area (Å²) in [5.41, 5.74) is 5.21. The molecular formula is C16H25FNO+. The molecule has 2 nitrogen and oxygen atoms in total. The van der Waals surface area contributed by atoms with Crippen LogP contribution in [0.4, 0.5) is 4.39 Å². The molecule has 1 saturated heterocycles. The van der Waals surface area contributed by atoms with Crippen LogP contribution in [-0.2, 0) is 10.2 Å². The molecule has 0 radical (unpaired) electrons. The fraction of sp³-hybridized carbons (Fsp3) is 0.625. The quantitative estimate of drug-likeness (QED) is 0.893. The Balaban J connectivity index is 2.23. The van der Waals surface area contributed by atoms with E-state index in [-0.39, 0.29) is 16.8 Å². The van der Waals surface area contributed by atoms with Crippen LogP contribution >= 0.6 is 0 Å². The molecule has 1 aliphatic rings. The molecule has 0 aliphatic carbocycles. The number of halogens is 1. The summed E-state index contributed by atoms with van der Waals surface area (Å²) in [6.45, 7) is 5.96. The van der Waals surface area contributed by atoms with E-state index < -0.39 is 0 Å². The summed E-state index contributed by atoms with van der Waals surface area (Å²) in [6.07, 6.45) is 4.19. The van der Waals surface area contributed by atoms with Gasteiger partial charge in [0.15, 0.2) is 0 Å². The Morgan fingerprint density at radius 2 is 1.95 bits per heavy atom. The maximum Gasteiger partial charge on any atom is 0.123 e. The van der Waals surface area contributed by atoms with E-state index in [1.165, 1.54) is 5.56 Å². The van der Waals surface area contributed by atoms with Gasteiger partial charge < -0.3 is 10.5 Å². The van der Waals surface area contributed by atoms with Gasteiger partial charge in [-0.25, -0.2) is 4.39 Å². The maximum atomic E-state index is 13.1. The first-order chi connectivity index (χ1) is 9.03. The number of hydrogen-bond acceptors (Lipinski definition) is 1. The molecule has 1 fully saturated rings. The highest BCUT2D eigenvalue weighted by Gasteiger charge is 2.41. The Kier molecular flexibility index (Phi) is 4.26. The fourth-order valence-electron chi connectivity index (χ4n) is 2.95. The highest BCUT2D eigenvalue weighted by molar-refractivity contribution is 5.27. The van der Waals surface area contributed by atoms with Crippen molar-refractivity contribution >= 4 is 0 Å². The van der Waals surface area contributed by atoms with Crippen LogP contribution in [0.2, 0.25) is 0 Å². The Morgan fingerprint density at radius 3 is 2.42 bits per heavy atom. The molecule has 2 rings (SSSR count). The first kappa shape index (κ1) is 14.5. The van der Waals surface area contributed by atoms with E-state index in [0.29, 0.717) is 0 Å². The van der Waals surface area contributed by atoms with Crippen molar-refractivity contribution in [3.8, 4) is 0 Å². The molecule has 1 aliphatic heterocycles. The van der Waals surface area contributed by atoms with Crippen LogP contribution in [0.3, 0.4) is 0 Å². The van der Waals surface area contributed by atoms with Crippen LogP contribution in [-0.4, -0.2) is 18.8 Å². The molecule has 1 heterocycles. The van der Waals surface area contributed by atoms with Gasteiger partial charge in [0, 0.05) is 11.8 Å². The molecule has 0 saturated carbocycles. The zero-order valence-corrected chi connectivity index (χ0v) is 12.0.